The molecule has 0 amide bonds. The van der Waals surface area contributed by atoms with E-state index >= 15 is 0 Å². The molecule has 3 rings (SSSR count). The lowest BCUT2D eigenvalue weighted by Gasteiger charge is -2.25. The first kappa shape index (κ1) is 16.2. The minimum atomic E-state index is 0.00741. The first-order valence-corrected chi connectivity index (χ1v) is 8.47. The van der Waals surface area contributed by atoms with Crippen LogP contribution in [0.5, 0.6) is 0 Å². The van der Waals surface area contributed by atoms with E-state index in [-0.39, 0.29) is 5.41 Å². The van der Waals surface area contributed by atoms with Crippen LogP contribution in [-0.2, 0) is 32.0 Å². The van der Waals surface area contributed by atoms with E-state index in [1.165, 1.54) is 17.2 Å². The summed E-state index contributed by atoms with van der Waals surface area (Å²) < 4.78 is 8.21. The lowest BCUT2D eigenvalue weighted by Crippen LogP contribution is -2.30. The molecular formula is C18H28N4O. The third-order valence-corrected chi connectivity index (χ3v) is 4.54. The molecule has 0 spiro atoms. The summed E-state index contributed by atoms with van der Waals surface area (Å²) in [5.41, 5.74) is 2.60. The molecule has 0 atom stereocenters. The number of rotatable bonds is 3. The summed E-state index contributed by atoms with van der Waals surface area (Å²) in [5, 5.41) is 0. The van der Waals surface area contributed by atoms with Crippen molar-refractivity contribution in [3.63, 3.8) is 0 Å². The minimum absolute atomic E-state index is 0.00741. The van der Waals surface area contributed by atoms with Gasteiger partial charge < -0.3 is 8.98 Å². The Morgan fingerprint density at radius 2 is 2.04 bits per heavy atom. The van der Waals surface area contributed by atoms with E-state index in [9.17, 15) is 0 Å². The quantitative estimate of drug-likeness (QED) is 0.871. The SMILES string of the molecule is CC(C)c1nc2c(n1C)CCN(Cc1ncc(C(C)(C)C)o1)C2. The number of imidazole rings is 1. The number of hydrogen-bond donors (Lipinski definition) is 0. The Kier molecular flexibility index (Phi) is 4.08. The summed E-state index contributed by atoms with van der Waals surface area (Å²) >= 11 is 0. The predicted octanol–water partition coefficient (Wildman–Crippen LogP) is 3.39. The van der Waals surface area contributed by atoms with E-state index in [1.54, 1.807) is 0 Å². The van der Waals surface area contributed by atoms with Crippen LogP contribution in [0.4, 0.5) is 0 Å². The van der Waals surface area contributed by atoms with Crippen molar-refractivity contribution in [1.29, 1.82) is 0 Å². The third kappa shape index (κ3) is 3.20. The molecule has 0 bridgehead atoms. The highest BCUT2D eigenvalue weighted by molar-refractivity contribution is 5.21. The number of aromatic nitrogens is 3. The molecule has 0 radical (unpaired) electrons. The summed E-state index contributed by atoms with van der Waals surface area (Å²) in [4.78, 5) is 11.7. The number of nitrogens with zero attached hydrogens (tertiary/aromatic N) is 4. The average molecular weight is 316 g/mol. The van der Waals surface area contributed by atoms with Crippen LogP contribution >= 0.6 is 0 Å². The first-order chi connectivity index (χ1) is 10.8. The smallest absolute Gasteiger partial charge is 0.208 e. The fourth-order valence-corrected chi connectivity index (χ4v) is 3.18. The highest BCUT2D eigenvalue weighted by atomic mass is 16.4. The molecule has 0 saturated heterocycles. The lowest BCUT2D eigenvalue weighted by atomic mass is 9.94. The molecule has 0 fully saturated rings. The Hall–Kier alpha value is -1.62. The van der Waals surface area contributed by atoms with E-state index in [0.717, 1.165) is 37.7 Å². The molecule has 0 aliphatic carbocycles. The molecule has 126 valence electrons. The molecule has 0 saturated carbocycles. The van der Waals surface area contributed by atoms with Crippen molar-refractivity contribution in [2.45, 2.75) is 65.5 Å². The number of fused-ring (bicyclic) bond motifs is 1. The summed E-state index contributed by atoms with van der Waals surface area (Å²) in [6, 6.07) is 0. The molecule has 3 heterocycles. The van der Waals surface area contributed by atoms with Crippen LogP contribution in [0.3, 0.4) is 0 Å². The van der Waals surface area contributed by atoms with Gasteiger partial charge in [0.25, 0.3) is 0 Å². The van der Waals surface area contributed by atoms with Crippen molar-refractivity contribution >= 4 is 0 Å². The fraction of sp³-hybridized carbons (Fsp3) is 0.667. The number of hydrogen-bond acceptors (Lipinski definition) is 4. The summed E-state index contributed by atoms with van der Waals surface area (Å²) in [7, 11) is 2.14. The summed E-state index contributed by atoms with van der Waals surface area (Å²) in [5.74, 6) is 3.40. The van der Waals surface area contributed by atoms with Crippen LogP contribution in [0.1, 0.15) is 69.4 Å². The van der Waals surface area contributed by atoms with Gasteiger partial charge in [0.2, 0.25) is 5.89 Å². The molecule has 1 aliphatic rings. The van der Waals surface area contributed by atoms with E-state index < -0.39 is 0 Å². The highest BCUT2D eigenvalue weighted by Gasteiger charge is 2.25. The van der Waals surface area contributed by atoms with Gasteiger partial charge in [-0.05, 0) is 0 Å². The molecule has 5 nitrogen and oxygen atoms in total. The van der Waals surface area contributed by atoms with Gasteiger partial charge in [0.15, 0.2) is 0 Å². The van der Waals surface area contributed by atoms with Gasteiger partial charge in [0.05, 0.1) is 18.4 Å². The average Bonchev–Trinajstić information content (AvgIpc) is 3.04. The largest absolute Gasteiger partial charge is 0.444 e. The Labute approximate surface area is 138 Å². The third-order valence-electron chi connectivity index (χ3n) is 4.54. The van der Waals surface area contributed by atoms with Gasteiger partial charge in [-0.2, -0.15) is 0 Å². The van der Waals surface area contributed by atoms with Crippen molar-refractivity contribution < 1.29 is 4.42 Å². The van der Waals surface area contributed by atoms with Crippen molar-refractivity contribution in [1.82, 2.24) is 19.4 Å². The second kappa shape index (κ2) is 5.78. The maximum absolute atomic E-state index is 5.93. The van der Waals surface area contributed by atoms with E-state index in [2.05, 4.69) is 56.1 Å². The Balaban J connectivity index is 1.73. The molecule has 23 heavy (non-hydrogen) atoms. The zero-order chi connectivity index (χ0) is 16.8. The van der Waals surface area contributed by atoms with Crippen LogP contribution in [0.2, 0.25) is 0 Å². The molecule has 0 aromatic carbocycles. The zero-order valence-electron chi connectivity index (χ0n) is 15.2. The van der Waals surface area contributed by atoms with Gasteiger partial charge >= 0.3 is 0 Å². The molecule has 0 N–H and O–H groups in total. The van der Waals surface area contributed by atoms with Crippen LogP contribution in [0.15, 0.2) is 10.6 Å². The topological polar surface area (TPSA) is 47.1 Å². The predicted molar refractivity (Wildman–Crippen MR) is 90.3 cm³/mol. The standard InChI is InChI=1S/C18H28N4O/c1-12(2)17-20-13-10-22(8-7-14(13)21(17)6)11-16-19-9-15(23-16)18(3,4)5/h9,12H,7-8,10-11H2,1-6H3. The van der Waals surface area contributed by atoms with Crippen molar-refractivity contribution in [2.24, 2.45) is 7.05 Å². The summed E-state index contributed by atoms with van der Waals surface area (Å²) in [6.45, 7) is 13.5. The molecule has 2 aromatic rings. The molecule has 1 aliphatic heterocycles. The number of oxazole rings is 1. The molecule has 2 aromatic heterocycles. The Morgan fingerprint density at radius 1 is 1.30 bits per heavy atom. The van der Waals surface area contributed by atoms with Crippen molar-refractivity contribution in [2.75, 3.05) is 6.54 Å². The van der Waals surface area contributed by atoms with Crippen molar-refractivity contribution in [3.8, 4) is 0 Å². The fourth-order valence-electron chi connectivity index (χ4n) is 3.18. The first-order valence-electron chi connectivity index (χ1n) is 8.47. The molecular weight excluding hydrogens is 288 g/mol. The molecule has 0 unspecified atom stereocenters. The Morgan fingerprint density at radius 3 is 2.65 bits per heavy atom. The van der Waals surface area contributed by atoms with E-state index in [0.29, 0.717) is 5.92 Å². The van der Waals surface area contributed by atoms with Gasteiger partial charge in [-0.25, -0.2) is 9.97 Å². The van der Waals surface area contributed by atoms with Gasteiger partial charge in [-0.1, -0.05) is 34.6 Å². The summed E-state index contributed by atoms with van der Waals surface area (Å²) in [6.07, 6.45) is 2.90. The van der Waals surface area contributed by atoms with Gasteiger partial charge in [-0.15, -0.1) is 0 Å². The van der Waals surface area contributed by atoms with Crippen molar-refractivity contribution in [3.05, 3.63) is 35.1 Å². The van der Waals surface area contributed by atoms with E-state index in [1.807, 2.05) is 6.20 Å². The van der Waals surface area contributed by atoms with Gasteiger partial charge in [0, 0.05) is 43.6 Å². The second-order valence-electron chi connectivity index (χ2n) is 7.91. The van der Waals surface area contributed by atoms with Crippen LogP contribution in [-0.4, -0.2) is 26.0 Å². The normalized spacial score (nSPS) is 16.1. The molecule has 5 heteroatoms. The highest BCUT2D eigenvalue weighted by Crippen LogP contribution is 2.26. The van der Waals surface area contributed by atoms with E-state index in [4.69, 9.17) is 9.40 Å². The van der Waals surface area contributed by atoms with Gasteiger partial charge in [-0.3, -0.25) is 4.90 Å². The lowest BCUT2D eigenvalue weighted by molar-refractivity contribution is 0.212. The monoisotopic (exact) mass is 316 g/mol. The van der Waals surface area contributed by atoms with Crippen LogP contribution in [0.25, 0.3) is 0 Å². The minimum Gasteiger partial charge on any atom is -0.444 e. The van der Waals surface area contributed by atoms with Crippen LogP contribution in [0, 0.1) is 0 Å². The zero-order valence-corrected chi connectivity index (χ0v) is 15.2. The maximum atomic E-state index is 5.93. The van der Waals surface area contributed by atoms with Crippen LogP contribution < -0.4 is 0 Å². The Bertz CT molecular complexity index is 690. The second-order valence-corrected chi connectivity index (χ2v) is 7.91. The maximum Gasteiger partial charge on any atom is 0.208 e. The van der Waals surface area contributed by atoms with Gasteiger partial charge in [0.1, 0.15) is 11.6 Å².